The van der Waals surface area contributed by atoms with Crippen LogP contribution in [0.1, 0.15) is 51.4 Å². The Morgan fingerprint density at radius 3 is 2.00 bits per heavy atom. The highest BCUT2D eigenvalue weighted by Gasteiger charge is 2.29. The summed E-state index contributed by atoms with van der Waals surface area (Å²) in [5.41, 5.74) is 0. The van der Waals surface area contributed by atoms with Gasteiger partial charge in [-0.05, 0) is 25.7 Å². The number of rotatable bonds is 7. The van der Waals surface area contributed by atoms with Crippen LogP contribution in [0.25, 0.3) is 0 Å². The molecular weight excluding hydrogens is 228 g/mol. The van der Waals surface area contributed by atoms with Gasteiger partial charge in [0.2, 0.25) is 0 Å². The molecule has 3 nitrogen and oxygen atoms in total. The summed E-state index contributed by atoms with van der Waals surface area (Å²) < 4.78 is 5.18. The third kappa shape index (κ3) is 4.05. The first-order chi connectivity index (χ1) is 8.42. The molecule has 0 unspecified atom stereocenters. The van der Waals surface area contributed by atoms with E-state index in [2.05, 4.69) is 10.2 Å². The van der Waals surface area contributed by atoms with E-state index in [0.717, 1.165) is 35.8 Å². The zero-order valence-electron chi connectivity index (χ0n) is 11.3. The summed E-state index contributed by atoms with van der Waals surface area (Å²) >= 11 is 0. The van der Waals surface area contributed by atoms with Crippen molar-refractivity contribution in [2.24, 2.45) is 0 Å². The number of hydrogen-bond acceptors (Lipinski definition) is 3. The molecule has 2 aliphatic carbocycles. The highest BCUT2D eigenvalue weighted by molar-refractivity contribution is 5.97. The second kappa shape index (κ2) is 7.51. The topological polar surface area (TPSA) is 24.5 Å². The van der Waals surface area contributed by atoms with E-state index < -0.39 is 0 Å². The molecule has 100 valence electrons. The van der Waals surface area contributed by atoms with Crippen molar-refractivity contribution in [3.05, 3.63) is 0 Å². The Balaban J connectivity index is 1.78. The van der Waals surface area contributed by atoms with Gasteiger partial charge in [0.05, 0.1) is 6.73 Å². The van der Waals surface area contributed by atoms with Gasteiger partial charge in [0, 0.05) is 25.2 Å². The Bertz CT molecular complexity index is 188. The van der Waals surface area contributed by atoms with Gasteiger partial charge >= 0.3 is 0 Å². The van der Waals surface area contributed by atoms with Crippen LogP contribution in [0.2, 0.25) is 0 Å². The molecule has 17 heavy (non-hydrogen) atoms. The molecule has 0 aromatic heterocycles. The van der Waals surface area contributed by atoms with E-state index in [1.807, 2.05) is 0 Å². The summed E-state index contributed by atoms with van der Waals surface area (Å²) in [5.74, 6) is 0. The van der Waals surface area contributed by atoms with Crippen LogP contribution in [-0.4, -0.2) is 47.3 Å². The molecule has 0 aliphatic heterocycles. The van der Waals surface area contributed by atoms with Crippen molar-refractivity contribution < 1.29 is 4.43 Å². The van der Waals surface area contributed by atoms with Gasteiger partial charge in [-0.2, -0.15) is 0 Å². The fourth-order valence-corrected chi connectivity index (χ4v) is 3.72. The van der Waals surface area contributed by atoms with Crippen LogP contribution < -0.4 is 5.32 Å². The molecule has 0 saturated heterocycles. The summed E-state index contributed by atoms with van der Waals surface area (Å²) in [6, 6.07) is 1.77. The lowest BCUT2D eigenvalue weighted by Crippen LogP contribution is -2.44. The molecule has 2 saturated carbocycles. The minimum atomic E-state index is 0.745. The van der Waals surface area contributed by atoms with E-state index in [-0.39, 0.29) is 0 Å². The normalized spacial score (nSPS) is 23.1. The summed E-state index contributed by atoms with van der Waals surface area (Å²) in [7, 11) is 0.842. The molecule has 0 radical (unpaired) electrons. The predicted octanol–water partition coefficient (Wildman–Crippen LogP) is 1.02. The van der Waals surface area contributed by atoms with E-state index in [9.17, 15) is 0 Å². The average Bonchev–Trinajstić information content (AvgIpc) is 3.02. The first kappa shape index (κ1) is 13.5. The van der Waals surface area contributed by atoms with Crippen molar-refractivity contribution in [3.8, 4) is 0 Å². The van der Waals surface area contributed by atoms with Gasteiger partial charge < -0.3 is 4.43 Å². The van der Waals surface area contributed by atoms with Crippen LogP contribution in [0.3, 0.4) is 0 Å². The van der Waals surface area contributed by atoms with E-state index in [1.54, 1.807) is 0 Å². The van der Waals surface area contributed by atoms with Crippen molar-refractivity contribution in [2.45, 2.75) is 63.5 Å². The minimum absolute atomic E-state index is 0.745. The van der Waals surface area contributed by atoms with E-state index in [4.69, 9.17) is 4.43 Å². The Hall–Kier alpha value is 0.0969. The molecule has 0 bridgehead atoms. The van der Waals surface area contributed by atoms with E-state index in [1.165, 1.54) is 57.9 Å². The summed E-state index contributed by atoms with van der Waals surface area (Å²) in [6.07, 6.45) is 11.6. The zero-order valence-corrected chi connectivity index (χ0v) is 13.3. The zero-order chi connectivity index (χ0) is 11.9. The van der Waals surface area contributed by atoms with Gasteiger partial charge in [0.1, 0.15) is 10.5 Å². The van der Waals surface area contributed by atoms with Gasteiger partial charge in [-0.3, -0.25) is 10.2 Å². The van der Waals surface area contributed by atoms with Crippen LogP contribution in [0.15, 0.2) is 0 Å². The lowest BCUT2D eigenvalue weighted by molar-refractivity contribution is 0.134. The van der Waals surface area contributed by atoms with Gasteiger partial charge in [-0.1, -0.05) is 25.7 Å². The van der Waals surface area contributed by atoms with Crippen LogP contribution >= 0.6 is 0 Å². The maximum atomic E-state index is 5.18. The molecule has 2 aliphatic rings. The third-order valence-electron chi connectivity index (χ3n) is 4.38. The predicted molar refractivity (Wildman–Crippen MR) is 75.1 cm³/mol. The first-order valence-corrected chi connectivity index (χ1v) is 8.19. The molecule has 0 aromatic rings. The Morgan fingerprint density at radius 2 is 1.53 bits per heavy atom. The monoisotopic (exact) mass is 256 g/mol. The largest absolute Gasteiger partial charge is 0.415 e. The number of nitrogens with zero attached hydrogens (tertiary/aromatic N) is 1. The van der Waals surface area contributed by atoms with Crippen LogP contribution in [-0.2, 0) is 4.43 Å². The maximum Gasteiger partial charge on any atom is 0.147 e. The molecule has 2 fully saturated rings. The van der Waals surface area contributed by atoms with Crippen LogP contribution in [0.5, 0.6) is 0 Å². The molecule has 0 heterocycles. The first-order valence-electron chi connectivity index (χ1n) is 7.37. The highest BCUT2D eigenvalue weighted by Crippen LogP contribution is 2.31. The Morgan fingerprint density at radius 1 is 1.00 bits per heavy atom. The van der Waals surface area contributed by atoms with Crippen LogP contribution in [0, 0.1) is 0 Å². The van der Waals surface area contributed by atoms with Crippen molar-refractivity contribution >= 4 is 10.5 Å². The molecule has 1 N–H and O–H groups in total. The molecule has 0 amide bonds. The van der Waals surface area contributed by atoms with Crippen molar-refractivity contribution in [3.63, 3.8) is 0 Å². The quantitative estimate of drug-likeness (QED) is 0.418. The number of nitrogens with one attached hydrogen (secondary N) is 1. The van der Waals surface area contributed by atoms with Crippen molar-refractivity contribution in [2.75, 3.05) is 19.8 Å². The van der Waals surface area contributed by atoms with E-state index >= 15 is 0 Å². The molecule has 0 spiro atoms. The van der Waals surface area contributed by atoms with Crippen molar-refractivity contribution in [1.29, 1.82) is 0 Å². The maximum absolute atomic E-state index is 5.18. The van der Waals surface area contributed by atoms with Crippen molar-refractivity contribution in [1.82, 2.24) is 10.2 Å². The standard InChI is InChI=1S/C13H28N2OSi/c17-16-11-14-9-10-15(12-5-1-2-6-12)13-7-3-4-8-13/h12-14H,1-11H2,17H3. The molecule has 0 atom stereocenters. The fraction of sp³-hybridized carbons (Fsp3) is 1.00. The smallest absolute Gasteiger partial charge is 0.147 e. The van der Waals surface area contributed by atoms with Crippen LogP contribution in [0.4, 0.5) is 0 Å². The lowest BCUT2D eigenvalue weighted by atomic mass is 10.1. The summed E-state index contributed by atoms with van der Waals surface area (Å²) in [6.45, 7) is 3.06. The minimum Gasteiger partial charge on any atom is -0.415 e. The second-order valence-electron chi connectivity index (χ2n) is 5.55. The fourth-order valence-electron chi connectivity index (χ4n) is 3.52. The Kier molecular flexibility index (Phi) is 5.98. The molecular formula is C13H28N2OSi. The van der Waals surface area contributed by atoms with Gasteiger partial charge in [0.25, 0.3) is 0 Å². The van der Waals surface area contributed by atoms with E-state index in [0.29, 0.717) is 0 Å². The van der Waals surface area contributed by atoms with Gasteiger partial charge in [0.15, 0.2) is 0 Å². The van der Waals surface area contributed by atoms with Gasteiger partial charge in [-0.25, -0.2) is 0 Å². The lowest BCUT2D eigenvalue weighted by Gasteiger charge is -2.34. The molecule has 4 heteroatoms. The molecule has 0 aromatic carbocycles. The number of hydrogen-bond donors (Lipinski definition) is 1. The third-order valence-corrected chi connectivity index (χ3v) is 4.67. The SMILES string of the molecule is [SiH3]OCNCCN(C1CCCC1)C1CCCC1. The molecule has 2 rings (SSSR count). The van der Waals surface area contributed by atoms with Gasteiger partial charge in [-0.15, -0.1) is 0 Å². The summed E-state index contributed by atoms with van der Waals surface area (Å²) in [5, 5.41) is 3.38. The average molecular weight is 256 g/mol. The summed E-state index contributed by atoms with van der Waals surface area (Å²) in [4.78, 5) is 2.82. The Labute approximate surface area is 109 Å². The second-order valence-corrected chi connectivity index (χ2v) is 6.12. The highest BCUT2D eigenvalue weighted by atomic mass is 28.2.